The summed E-state index contributed by atoms with van der Waals surface area (Å²) in [6.07, 6.45) is 2.90. The summed E-state index contributed by atoms with van der Waals surface area (Å²) in [5.41, 5.74) is 1.10. The number of hydrogen-bond donors (Lipinski definition) is 2. The number of aromatic amines is 1. The lowest BCUT2D eigenvalue weighted by atomic mass is 10.2. The number of H-pyrrole nitrogens is 1. The number of hydrogen-bond acceptors (Lipinski definition) is 6. The number of benzene rings is 2. The minimum absolute atomic E-state index is 0.128. The molecule has 0 aliphatic rings. The van der Waals surface area contributed by atoms with E-state index in [0.29, 0.717) is 38.5 Å². The van der Waals surface area contributed by atoms with Crippen molar-refractivity contribution in [2.24, 2.45) is 0 Å². The third kappa shape index (κ3) is 3.45. The zero-order valence-electron chi connectivity index (χ0n) is 16.5. The van der Waals surface area contributed by atoms with Crippen molar-refractivity contribution in [3.63, 3.8) is 0 Å². The van der Waals surface area contributed by atoms with Gasteiger partial charge in [0, 0.05) is 10.0 Å². The van der Waals surface area contributed by atoms with E-state index in [9.17, 15) is 9.18 Å². The van der Waals surface area contributed by atoms with Crippen LogP contribution in [0.25, 0.3) is 27.8 Å². The average Bonchev–Trinajstić information content (AvgIpc) is 3.22. The van der Waals surface area contributed by atoms with Gasteiger partial charge in [-0.25, -0.2) is 24.3 Å². The van der Waals surface area contributed by atoms with Crippen LogP contribution in [0.2, 0.25) is 10.0 Å². The Balaban J connectivity index is 1.74. The first-order valence-corrected chi connectivity index (χ1v) is 10.3. The van der Waals surface area contributed by atoms with Gasteiger partial charge in [0.25, 0.3) is 5.56 Å². The van der Waals surface area contributed by atoms with Gasteiger partial charge in [0.1, 0.15) is 28.9 Å². The van der Waals surface area contributed by atoms with Gasteiger partial charge in [-0.15, -0.1) is 0 Å². The minimum Gasteiger partial charge on any atom is -0.358 e. The van der Waals surface area contributed by atoms with Crippen LogP contribution in [0.5, 0.6) is 0 Å². The molecule has 0 fully saturated rings. The van der Waals surface area contributed by atoms with Crippen LogP contribution in [0.3, 0.4) is 0 Å². The number of fused-ring (bicyclic) bond motifs is 2. The summed E-state index contributed by atoms with van der Waals surface area (Å²) in [6.45, 7) is 1.80. The third-order valence-electron chi connectivity index (χ3n) is 4.94. The second-order valence-corrected chi connectivity index (χ2v) is 7.93. The predicted molar refractivity (Wildman–Crippen MR) is 121 cm³/mol. The molecule has 0 spiro atoms. The van der Waals surface area contributed by atoms with E-state index in [1.807, 2.05) is 0 Å². The number of nitrogens with zero attached hydrogens (tertiary/aromatic N) is 5. The molecule has 0 radical (unpaired) electrons. The molecule has 0 amide bonds. The molecule has 5 rings (SSSR count). The molecule has 11 heteroatoms. The number of imidazole rings is 1. The zero-order valence-corrected chi connectivity index (χ0v) is 18.0. The number of aromatic nitrogens is 6. The number of rotatable bonds is 4. The smallest absolute Gasteiger partial charge is 0.269 e. The van der Waals surface area contributed by atoms with Gasteiger partial charge in [0.05, 0.1) is 23.6 Å². The van der Waals surface area contributed by atoms with Gasteiger partial charge in [-0.05, 0) is 37.3 Å². The van der Waals surface area contributed by atoms with Crippen molar-refractivity contribution < 1.29 is 4.39 Å². The summed E-state index contributed by atoms with van der Waals surface area (Å²) >= 11 is 12.4. The molecule has 0 bridgehead atoms. The van der Waals surface area contributed by atoms with E-state index < -0.39 is 17.4 Å². The van der Waals surface area contributed by atoms with E-state index >= 15 is 0 Å². The molecule has 2 N–H and O–H groups in total. The molecule has 8 nitrogen and oxygen atoms in total. The van der Waals surface area contributed by atoms with Crippen LogP contribution in [-0.4, -0.2) is 29.5 Å². The van der Waals surface area contributed by atoms with Crippen molar-refractivity contribution in [2.45, 2.75) is 13.0 Å². The van der Waals surface area contributed by atoms with Crippen molar-refractivity contribution in [1.82, 2.24) is 29.5 Å². The van der Waals surface area contributed by atoms with Crippen molar-refractivity contribution in [1.29, 1.82) is 0 Å². The van der Waals surface area contributed by atoms with Crippen LogP contribution < -0.4 is 10.9 Å². The van der Waals surface area contributed by atoms with E-state index in [2.05, 4.69) is 30.2 Å². The fraction of sp³-hybridized carbons (Fsp3) is 0.0952. The monoisotopic (exact) mass is 469 g/mol. The van der Waals surface area contributed by atoms with Crippen molar-refractivity contribution in [3.8, 4) is 5.69 Å². The molecule has 1 atom stereocenters. The highest BCUT2D eigenvalue weighted by molar-refractivity contribution is 6.34. The van der Waals surface area contributed by atoms with Crippen LogP contribution in [0.15, 0.2) is 53.8 Å². The Morgan fingerprint density at radius 3 is 2.69 bits per heavy atom. The topological polar surface area (TPSA) is 101 Å². The Labute approximate surface area is 190 Å². The first-order valence-electron chi connectivity index (χ1n) is 9.50. The molecular weight excluding hydrogens is 456 g/mol. The maximum absolute atomic E-state index is 14.6. The Hall–Kier alpha value is -3.56. The van der Waals surface area contributed by atoms with Crippen LogP contribution in [0, 0.1) is 5.82 Å². The first-order chi connectivity index (χ1) is 15.4. The highest BCUT2D eigenvalue weighted by Gasteiger charge is 2.21. The highest BCUT2D eigenvalue weighted by atomic mass is 35.5. The molecule has 0 aliphatic heterocycles. The molecule has 0 saturated heterocycles. The minimum atomic E-state index is -0.664. The van der Waals surface area contributed by atoms with Gasteiger partial charge in [-0.2, -0.15) is 0 Å². The maximum atomic E-state index is 14.6. The molecule has 3 aromatic heterocycles. The molecule has 0 unspecified atom stereocenters. The average molecular weight is 470 g/mol. The van der Waals surface area contributed by atoms with Crippen molar-refractivity contribution in [2.75, 3.05) is 5.32 Å². The second-order valence-electron chi connectivity index (χ2n) is 7.06. The maximum Gasteiger partial charge on any atom is 0.269 e. The summed E-state index contributed by atoms with van der Waals surface area (Å²) in [6, 6.07) is 8.45. The van der Waals surface area contributed by atoms with Gasteiger partial charge in [-0.3, -0.25) is 9.36 Å². The van der Waals surface area contributed by atoms with E-state index in [0.717, 1.165) is 0 Å². The largest absolute Gasteiger partial charge is 0.358 e. The number of nitrogens with one attached hydrogen (secondary N) is 2. The summed E-state index contributed by atoms with van der Waals surface area (Å²) in [4.78, 5) is 33.6. The van der Waals surface area contributed by atoms with Gasteiger partial charge in [-0.1, -0.05) is 29.3 Å². The van der Waals surface area contributed by atoms with Crippen LogP contribution in [0.4, 0.5) is 10.2 Å². The molecule has 2 aromatic carbocycles. The van der Waals surface area contributed by atoms with E-state index in [4.69, 9.17) is 23.2 Å². The Morgan fingerprint density at radius 2 is 1.91 bits per heavy atom. The first kappa shape index (κ1) is 20.3. The highest BCUT2D eigenvalue weighted by Crippen LogP contribution is 2.27. The standard InChI is InChI=1S/C21H14Cl2FN7O/c1-10(29-19-17-18(26-8-25-17)27-9-28-19)20-30-15-4-2-3-14(24)16(15)21(32)31(20)13-6-11(22)5-12(23)7-13/h2-10H,1H3,(H2,25,26,27,28,29)/t10-/m0/s1. The zero-order chi connectivity index (χ0) is 22.4. The van der Waals surface area contributed by atoms with Gasteiger partial charge in [0.2, 0.25) is 0 Å². The van der Waals surface area contributed by atoms with Gasteiger partial charge >= 0.3 is 0 Å². The lowest BCUT2D eigenvalue weighted by Gasteiger charge is -2.20. The van der Waals surface area contributed by atoms with Gasteiger partial charge < -0.3 is 10.3 Å². The SMILES string of the molecule is C[C@H](Nc1ncnc2[nH]cnc12)c1nc2cccc(F)c2c(=O)n1-c1cc(Cl)cc(Cl)c1. The van der Waals surface area contributed by atoms with Crippen molar-refractivity contribution in [3.05, 3.63) is 81.1 Å². The lowest BCUT2D eigenvalue weighted by Crippen LogP contribution is -2.28. The van der Waals surface area contributed by atoms with Crippen LogP contribution in [-0.2, 0) is 0 Å². The molecule has 0 aliphatic carbocycles. The second kappa shape index (κ2) is 7.85. The lowest BCUT2D eigenvalue weighted by molar-refractivity contribution is 0.635. The molecule has 32 heavy (non-hydrogen) atoms. The van der Waals surface area contributed by atoms with Gasteiger partial charge in [0.15, 0.2) is 11.5 Å². The number of halogens is 3. The molecule has 0 saturated carbocycles. The van der Waals surface area contributed by atoms with Crippen LogP contribution >= 0.6 is 23.2 Å². The fourth-order valence-corrected chi connectivity index (χ4v) is 4.07. The summed E-state index contributed by atoms with van der Waals surface area (Å²) < 4.78 is 15.9. The summed E-state index contributed by atoms with van der Waals surface area (Å²) in [5.74, 6) is 0.102. The Kier molecular flexibility index (Phi) is 4.99. The third-order valence-corrected chi connectivity index (χ3v) is 5.37. The van der Waals surface area contributed by atoms with E-state index in [-0.39, 0.29) is 10.9 Å². The fourth-order valence-electron chi connectivity index (χ4n) is 3.56. The quantitative estimate of drug-likeness (QED) is 0.396. The van der Waals surface area contributed by atoms with E-state index in [1.54, 1.807) is 31.2 Å². The van der Waals surface area contributed by atoms with E-state index in [1.165, 1.54) is 29.4 Å². The number of anilines is 1. The molecule has 5 aromatic rings. The van der Waals surface area contributed by atoms with Crippen molar-refractivity contribution >= 4 is 51.1 Å². The normalized spacial score (nSPS) is 12.4. The Morgan fingerprint density at radius 1 is 1.12 bits per heavy atom. The Bertz CT molecular complexity index is 1530. The molecule has 3 heterocycles. The summed E-state index contributed by atoms with van der Waals surface area (Å²) in [5, 5.41) is 3.74. The predicted octanol–water partition coefficient (Wildman–Crippen LogP) is 4.67. The molecule has 160 valence electrons. The summed E-state index contributed by atoms with van der Waals surface area (Å²) in [7, 11) is 0. The van der Waals surface area contributed by atoms with Crippen LogP contribution in [0.1, 0.15) is 18.8 Å². The molecular formula is C21H14Cl2FN7O.